The van der Waals surface area contributed by atoms with Crippen LogP contribution in [0.3, 0.4) is 0 Å². The van der Waals surface area contributed by atoms with Gasteiger partial charge in [0.05, 0.1) is 22.3 Å². The Morgan fingerprint density at radius 2 is 2.20 bits per heavy atom. The molecule has 0 amide bonds. The van der Waals surface area contributed by atoms with Crippen molar-refractivity contribution in [3.05, 3.63) is 39.9 Å². The number of aromatic carboxylic acids is 1. The number of carboxylic acid groups (broad SMARTS) is 1. The number of nitrogens with zero attached hydrogens (tertiary/aromatic N) is 2. The molecule has 20 heavy (non-hydrogen) atoms. The number of nitrogens with one attached hydrogen (secondary N) is 1. The highest BCUT2D eigenvalue weighted by Gasteiger charge is 2.19. The van der Waals surface area contributed by atoms with Crippen LogP contribution >= 0.6 is 11.6 Å². The van der Waals surface area contributed by atoms with E-state index in [1.165, 1.54) is 12.3 Å². The number of anilines is 1. The number of pyridine rings is 1. The summed E-state index contributed by atoms with van der Waals surface area (Å²) in [7, 11) is 0. The Hall–Kier alpha value is -2.08. The first-order valence-electron chi connectivity index (χ1n) is 5.99. The van der Waals surface area contributed by atoms with Crippen molar-refractivity contribution in [2.75, 3.05) is 5.32 Å². The molecule has 2 rings (SSSR count). The number of hydrogen-bond donors (Lipinski definition) is 2. The van der Waals surface area contributed by atoms with Crippen LogP contribution in [0.25, 0.3) is 0 Å². The molecule has 1 atom stereocenters. The quantitative estimate of drug-likeness (QED) is 0.900. The van der Waals surface area contributed by atoms with Crippen molar-refractivity contribution in [3.63, 3.8) is 0 Å². The number of aryl methyl sites for hydroxylation is 2. The molecule has 0 saturated heterocycles. The van der Waals surface area contributed by atoms with E-state index in [4.69, 9.17) is 21.2 Å². The number of hydrogen-bond acceptors (Lipinski definition) is 5. The van der Waals surface area contributed by atoms with Crippen molar-refractivity contribution in [2.24, 2.45) is 0 Å². The maximum atomic E-state index is 11.0. The summed E-state index contributed by atoms with van der Waals surface area (Å²) in [4.78, 5) is 15.1. The fourth-order valence-electron chi connectivity index (χ4n) is 2.10. The summed E-state index contributed by atoms with van der Waals surface area (Å²) in [5, 5.41) is 16.1. The van der Waals surface area contributed by atoms with Crippen LogP contribution in [0.1, 0.15) is 40.3 Å². The van der Waals surface area contributed by atoms with E-state index in [0.29, 0.717) is 11.6 Å². The fourth-order valence-corrected chi connectivity index (χ4v) is 2.34. The van der Waals surface area contributed by atoms with Gasteiger partial charge >= 0.3 is 5.97 Å². The van der Waals surface area contributed by atoms with Crippen molar-refractivity contribution in [2.45, 2.75) is 26.8 Å². The molecule has 2 N–H and O–H groups in total. The molecule has 2 aromatic heterocycles. The van der Waals surface area contributed by atoms with Crippen molar-refractivity contribution in [1.29, 1.82) is 0 Å². The lowest BCUT2D eigenvalue weighted by Crippen LogP contribution is -2.11. The Balaban J connectivity index is 2.31. The van der Waals surface area contributed by atoms with Gasteiger partial charge in [-0.2, -0.15) is 0 Å². The van der Waals surface area contributed by atoms with E-state index in [0.717, 1.165) is 11.3 Å². The van der Waals surface area contributed by atoms with Crippen molar-refractivity contribution in [3.8, 4) is 0 Å². The lowest BCUT2D eigenvalue weighted by atomic mass is 10.1. The summed E-state index contributed by atoms with van der Waals surface area (Å²) in [6.07, 6.45) is 1.40. The summed E-state index contributed by atoms with van der Waals surface area (Å²) in [6, 6.07) is 1.20. The molecule has 106 valence electrons. The standard InChI is InChI=1S/C13H14ClN3O3/c1-6(10-7(2)17-20-8(10)3)16-12-11(14)9(13(18)19)4-5-15-12/h4-6H,1-3H3,(H,15,16)(H,18,19). The molecule has 7 heteroatoms. The smallest absolute Gasteiger partial charge is 0.337 e. The minimum Gasteiger partial charge on any atom is -0.478 e. The number of halogens is 1. The van der Waals surface area contributed by atoms with Gasteiger partial charge in [0.15, 0.2) is 0 Å². The normalized spacial score (nSPS) is 12.2. The summed E-state index contributed by atoms with van der Waals surface area (Å²) < 4.78 is 5.11. The average Bonchev–Trinajstić information content (AvgIpc) is 2.71. The van der Waals surface area contributed by atoms with Crippen LogP contribution in [0.2, 0.25) is 5.02 Å². The van der Waals surface area contributed by atoms with Gasteiger partial charge in [-0.05, 0) is 26.8 Å². The van der Waals surface area contributed by atoms with E-state index < -0.39 is 5.97 Å². The maximum Gasteiger partial charge on any atom is 0.337 e. The summed E-state index contributed by atoms with van der Waals surface area (Å²) in [6.45, 7) is 5.56. The number of rotatable bonds is 4. The van der Waals surface area contributed by atoms with Crippen molar-refractivity contribution < 1.29 is 14.4 Å². The Kier molecular flexibility index (Phi) is 3.94. The van der Waals surface area contributed by atoms with Gasteiger partial charge in [0.2, 0.25) is 0 Å². The van der Waals surface area contributed by atoms with Crippen molar-refractivity contribution >= 4 is 23.4 Å². The fraction of sp³-hybridized carbons (Fsp3) is 0.308. The van der Waals surface area contributed by atoms with Crippen LogP contribution in [0, 0.1) is 13.8 Å². The Bertz CT molecular complexity index is 635. The van der Waals surface area contributed by atoms with Gasteiger partial charge in [0.1, 0.15) is 11.6 Å². The highest BCUT2D eigenvalue weighted by atomic mass is 35.5. The van der Waals surface area contributed by atoms with Crippen LogP contribution in [-0.2, 0) is 0 Å². The first-order valence-corrected chi connectivity index (χ1v) is 6.36. The Labute approximate surface area is 120 Å². The minimum absolute atomic E-state index is 0.00938. The first-order chi connectivity index (χ1) is 9.41. The molecule has 0 radical (unpaired) electrons. The molecule has 0 aliphatic heterocycles. The van der Waals surface area contributed by atoms with Gasteiger partial charge in [0.25, 0.3) is 0 Å². The zero-order chi connectivity index (χ0) is 14.9. The Morgan fingerprint density at radius 3 is 2.75 bits per heavy atom. The van der Waals surface area contributed by atoms with Crippen LogP contribution in [-0.4, -0.2) is 21.2 Å². The highest BCUT2D eigenvalue weighted by molar-refractivity contribution is 6.35. The van der Waals surface area contributed by atoms with E-state index in [9.17, 15) is 4.79 Å². The zero-order valence-electron chi connectivity index (χ0n) is 11.3. The topological polar surface area (TPSA) is 88.3 Å². The third kappa shape index (κ3) is 2.60. The van der Waals surface area contributed by atoms with E-state index in [2.05, 4.69) is 15.5 Å². The van der Waals surface area contributed by atoms with Gasteiger partial charge in [0, 0.05) is 11.8 Å². The molecule has 0 fully saturated rings. The van der Waals surface area contributed by atoms with Crippen molar-refractivity contribution in [1.82, 2.24) is 10.1 Å². The minimum atomic E-state index is -1.09. The van der Waals surface area contributed by atoms with E-state index in [1.54, 1.807) is 0 Å². The van der Waals surface area contributed by atoms with E-state index in [1.807, 2.05) is 20.8 Å². The zero-order valence-corrected chi connectivity index (χ0v) is 12.0. The molecule has 2 aromatic rings. The molecule has 0 aromatic carbocycles. The predicted octanol–water partition coefficient (Wildman–Crippen LogP) is 3.21. The molecule has 0 spiro atoms. The van der Waals surface area contributed by atoms with Gasteiger partial charge in [-0.15, -0.1) is 0 Å². The lowest BCUT2D eigenvalue weighted by Gasteiger charge is -2.16. The van der Waals surface area contributed by atoms with Crippen LogP contribution in [0.15, 0.2) is 16.8 Å². The number of carboxylic acids is 1. The molecule has 6 nitrogen and oxygen atoms in total. The predicted molar refractivity (Wildman–Crippen MR) is 74.2 cm³/mol. The number of aromatic nitrogens is 2. The molecule has 1 unspecified atom stereocenters. The molecule has 0 bridgehead atoms. The second-order valence-corrected chi connectivity index (χ2v) is 4.81. The Morgan fingerprint density at radius 1 is 1.50 bits per heavy atom. The highest BCUT2D eigenvalue weighted by Crippen LogP contribution is 2.29. The first kappa shape index (κ1) is 14.3. The molecule has 0 aliphatic carbocycles. The lowest BCUT2D eigenvalue weighted by molar-refractivity contribution is 0.0697. The SMILES string of the molecule is Cc1noc(C)c1C(C)Nc1nccc(C(=O)O)c1Cl. The van der Waals surface area contributed by atoms with Gasteiger partial charge in [-0.1, -0.05) is 16.8 Å². The van der Waals surface area contributed by atoms with Crippen LogP contribution in [0.4, 0.5) is 5.82 Å². The van der Waals surface area contributed by atoms with E-state index in [-0.39, 0.29) is 16.6 Å². The average molecular weight is 296 g/mol. The molecule has 0 aliphatic rings. The largest absolute Gasteiger partial charge is 0.478 e. The summed E-state index contributed by atoms with van der Waals surface area (Å²) in [5.41, 5.74) is 1.69. The second kappa shape index (κ2) is 5.50. The summed E-state index contributed by atoms with van der Waals surface area (Å²) >= 11 is 6.04. The van der Waals surface area contributed by atoms with Gasteiger partial charge in [-0.25, -0.2) is 9.78 Å². The molecular weight excluding hydrogens is 282 g/mol. The maximum absolute atomic E-state index is 11.0. The molecular formula is C13H14ClN3O3. The molecule has 0 saturated carbocycles. The monoisotopic (exact) mass is 295 g/mol. The van der Waals surface area contributed by atoms with Crippen LogP contribution in [0.5, 0.6) is 0 Å². The number of carbonyl (C=O) groups is 1. The summed E-state index contributed by atoms with van der Waals surface area (Å²) in [5.74, 6) is -0.0717. The molecule has 2 heterocycles. The third-order valence-electron chi connectivity index (χ3n) is 2.99. The second-order valence-electron chi connectivity index (χ2n) is 4.43. The van der Waals surface area contributed by atoms with E-state index >= 15 is 0 Å². The van der Waals surface area contributed by atoms with Gasteiger partial charge < -0.3 is 14.9 Å². The third-order valence-corrected chi connectivity index (χ3v) is 3.38. The van der Waals surface area contributed by atoms with Crippen LogP contribution < -0.4 is 5.32 Å². The van der Waals surface area contributed by atoms with Gasteiger partial charge in [-0.3, -0.25) is 0 Å².